The third-order valence-electron chi connectivity index (χ3n) is 2.94. The second-order valence-electron chi connectivity index (χ2n) is 4.52. The van der Waals surface area contributed by atoms with Gasteiger partial charge in [0, 0.05) is 16.6 Å². The normalized spacial score (nSPS) is 12.7. The zero-order valence-corrected chi connectivity index (χ0v) is 12.4. The number of hydrogen-bond donors (Lipinski definition) is 2. The molecule has 0 spiro atoms. The summed E-state index contributed by atoms with van der Waals surface area (Å²) in [5, 5.41) is 1.90. The van der Waals surface area contributed by atoms with E-state index in [1.165, 1.54) is 24.3 Å². The summed E-state index contributed by atoms with van der Waals surface area (Å²) in [5.41, 5.74) is -0.388. The average Bonchev–Trinajstić information content (AvgIpc) is 3.06. The van der Waals surface area contributed by atoms with Crippen molar-refractivity contribution in [2.45, 2.75) is 10.4 Å². The number of sulfonamides is 1. The zero-order chi connectivity index (χ0) is 16.0. The molecule has 0 aliphatic heterocycles. The second kappa shape index (κ2) is 5.03. The van der Waals surface area contributed by atoms with Crippen LogP contribution in [0.25, 0.3) is 10.9 Å². The maximum absolute atomic E-state index is 12.6. The van der Waals surface area contributed by atoms with E-state index in [0.29, 0.717) is 0 Å². The van der Waals surface area contributed by atoms with Crippen molar-refractivity contribution in [3.63, 3.8) is 0 Å². The van der Waals surface area contributed by atoms with Crippen molar-refractivity contribution in [3.05, 3.63) is 47.5 Å². The first-order valence-electron chi connectivity index (χ1n) is 6.02. The van der Waals surface area contributed by atoms with Gasteiger partial charge in [0.2, 0.25) is 0 Å². The van der Waals surface area contributed by atoms with E-state index in [0.717, 1.165) is 17.4 Å². The van der Waals surface area contributed by atoms with E-state index in [-0.39, 0.29) is 20.8 Å². The molecule has 0 unspecified atom stereocenters. The summed E-state index contributed by atoms with van der Waals surface area (Å²) >= 11 is 1.05. The minimum atomic E-state index is -4.48. The van der Waals surface area contributed by atoms with Crippen LogP contribution in [-0.2, 0) is 16.2 Å². The van der Waals surface area contributed by atoms with Crippen LogP contribution in [0.3, 0.4) is 0 Å². The Kier molecular flexibility index (Phi) is 3.41. The van der Waals surface area contributed by atoms with Crippen LogP contribution in [0, 0.1) is 0 Å². The van der Waals surface area contributed by atoms with Crippen LogP contribution < -0.4 is 4.72 Å². The molecule has 3 aromatic rings. The first-order valence-corrected chi connectivity index (χ1v) is 8.38. The molecule has 0 fully saturated rings. The molecule has 2 aromatic heterocycles. The average molecular weight is 346 g/mol. The van der Waals surface area contributed by atoms with Gasteiger partial charge in [-0.1, -0.05) is 6.07 Å². The van der Waals surface area contributed by atoms with Crippen molar-refractivity contribution in [1.82, 2.24) is 4.98 Å². The van der Waals surface area contributed by atoms with Gasteiger partial charge in [-0.05, 0) is 35.7 Å². The lowest BCUT2D eigenvalue weighted by atomic mass is 10.2. The monoisotopic (exact) mass is 346 g/mol. The fraction of sp³-hybridized carbons (Fsp3) is 0.0769. The molecular formula is C13H9F3N2O2S2. The zero-order valence-electron chi connectivity index (χ0n) is 10.8. The molecule has 0 saturated carbocycles. The maximum Gasteiger partial charge on any atom is 0.431 e. The van der Waals surface area contributed by atoms with Gasteiger partial charge in [-0.3, -0.25) is 4.72 Å². The Hall–Kier alpha value is -2.00. The number of halogens is 3. The summed E-state index contributed by atoms with van der Waals surface area (Å²) in [6, 6.07) is 8.15. The van der Waals surface area contributed by atoms with Crippen LogP contribution in [0.2, 0.25) is 0 Å². The molecule has 0 aliphatic rings. The summed E-state index contributed by atoms with van der Waals surface area (Å²) < 4.78 is 64.6. The van der Waals surface area contributed by atoms with Crippen molar-refractivity contribution in [1.29, 1.82) is 0 Å². The van der Waals surface area contributed by atoms with Crippen molar-refractivity contribution < 1.29 is 21.6 Å². The predicted octanol–water partition coefficient (Wildman–Crippen LogP) is 4.05. The van der Waals surface area contributed by atoms with Crippen LogP contribution in [0.4, 0.5) is 18.9 Å². The number of H-pyrrole nitrogens is 1. The van der Waals surface area contributed by atoms with Gasteiger partial charge in [-0.15, -0.1) is 11.3 Å². The molecule has 1 aromatic carbocycles. The second-order valence-corrected chi connectivity index (χ2v) is 7.38. The minimum Gasteiger partial charge on any atom is -0.351 e. The summed E-state index contributed by atoms with van der Waals surface area (Å²) in [5.74, 6) is 0. The van der Waals surface area contributed by atoms with Crippen LogP contribution in [0.5, 0.6) is 0 Å². The van der Waals surface area contributed by atoms with E-state index in [2.05, 4.69) is 9.71 Å². The molecule has 0 saturated heterocycles. The molecule has 0 radical (unpaired) electrons. The van der Waals surface area contributed by atoms with Crippen LogP contribution in [-0.4, -0.2) is 13.4 Å². The molecule has 0 bridgehead atoms. The highest BCUT2D eigenvalue weighted by Crippen LogP contribution is 2.32. The fourth-order valence-corrected chi connectivity index (χ4v) is 4.01. The number of nitrogens with one attached hydrogen (secondary N) is 2. The molecule has 116 valence electrons. The third kappa shape index (κ3) is 2.81. The Labute approximate surface area is 127 Å². The molecule has 0 aliphatic carbocycles. The Morgan fingerprint density at radius 3 is 2.55 bits per heavy atom. The lowest BCUT2D eigenvalue weighted by molar-refractivity contribution is -0.140. The van der Waals surface area contributed by atoms with Gasteiger partial charge >= 0.3 is 6.18 Å². The van der Waals surface area contributed by atoms with E-state index in [4.69, 9.17) is 0 Å². The number of thiophene rings is 1. The summed E-state index contributed by atoms with van der Waals surface area (Å²) in [6.45, 7) is 0. The Morgan fingerprint density at radius 2 is 1.91 bits per heavy atom. The topological polar surface area (TPSA) is 62.0 Å². The lowest BCUT2D eigenvalue weighted by Gasteiger charge is -2.06. The number of hydrogen-bond acceptors (Lipinski definition) is 3. The first-order chi connectivity index (χ1) is 10.3. The fourth-order valence-electron chi connectivity index (χ4n) is 1.97. The molecular weight excluding hydrogens is 337 g/mol. The van der Waals surface area contributed by atoms with Crippen LogP contribution in [0.1, 0.15) is 5.69 Å². The van der Waals surface area contributed by atoms with Gasteiger partial charge in [-0.2, -0.15) is 13.2 Å². The Morgan fingerprint density at radius 1 is 1.14 bits per heavy atom. The number of rotatable bonds is 3. The molecule has 3 rings (SSSR count). The number of anilines is 1. The molecule has 0 atom stereocenters. The van der Waals surface area contributed by atoms with E-state index in [9.17, 15) is 21.6 Å². The number of aromatic nitrogens is 1. The number of alkyl halides is 3. The largest absolute Gasteiger partial charge is 0.431 e. The highest BCUT2D eigenvalue weighted by atomic mass is 32.2. The summed E-state index contributed by atoms with van der Waals surface area (Å²) in [6.07, 6.45) is -4.48. The van der Waals surface area contributed by atoms with Gasteiger partial charge in [0.15, 0.2) is 0 Å². The number of aromatic amines is 1. The number of fused-ring (bicyclic) bond motifs is 1. The predicted molar refractivity (Wildman–Crippen MR) is 78.4 cm³/mol. The van der Waals surface area contributed by atoms with E-state index < -0.39 is 21.9 Å². The van der Waals surface area contributed by atoms with Gasteiger partial charge in [0.05, 0.1) is 0 Å². The smallest absolute Gasteiger partial charge is 0.351 e. The molecule has 2 heterocycles. The standard InChI is InChI=1S/C13H9F3N2O2S2/c14-13(15,16)11-7-8-6-9(3-4-10(8)17-11)18-22(19,20)12-2-1-5-21-12/h1-7,17-18H. The Bertz CT molecular complexity index is 913. The van der Waals surface area contributed by atoms with Crippen molar-refractivity contribution >= 4 is 38.0 Å². The molecule has 22 heavy (non-hydrogen) atoms. The first kappa shape index (κ1) is 14.9. The van der Waals surface area contributed by atoms with Gasteiger partial charge in [-0.25, -0.2) is 8.42 Å². The summed E-state index contributed by atoms with van der Waals surface area (Å²) in [7, 11) is -3.72. The molecule has 0 amide bonds. The highest BCUT2D eigenvalue weighted by Gasteiger charge is 2.32. The van der Waals surface area contributed by atoms with Crippen LogP contribution in [0.15, 0.2) is 46.0 Å². The Balaban J connectivity index is 1.96. The number of benzene rings is 1. The third-order valence-corrected chi connectivity index (χ3v) is 5.72. The molecule has 4 nitrogen and oxygen atoms in total. The van der Waals surface area contributed by atoms with Gasteiger partial charge < -0.3 is 4.98 Å². The van der Waals surface area contributed by atoms with E-state index >= 15 is 0 Å². The van der Waals surface area contributed by atoms with Crippen molar-refractivity contribution in [2.75, 3.05) is 4.72 Å². The summed E-state index contributed by atoms with van der Waals surface area (Å²) in [4.78, 5) is 2.25. The van der Waals surface area contributed by atoms with Gasteiger partial charge in [0.1, 0.15) is 9.90 Å². The van der Waals surface area contributed by atoms with Gasteiger partial charge in [0.25, 0.3) is 10.0 Å². The lowest BCUT2D eigenvalue weighted by Crippen LogP contribution is -2.11. The highest BCUT2D eigenvalue weighted by molar-refractivity contribution is 7.94. The molecule has 2 N–H and O–H groups in total. The maximum atomic E-state index is 12.6. The van der Waals surface area contributed by atoms with E-state index in [1.54, 1.807) is 11.4 Å². The van der Waals surface area contributed by atoms with E-state index in [1.807, 2.05) is 0 Å². The quantitative estimate of drug-likeness (QED) is 0.752. The molecule has 9 heteroatoms. The van der Waals surface area contributed by atoms with Crippen LogP contribution >= 0.6 is 11.3 Å². The SMILES string of the molecule is O=S(=O)(Nc1ccc2[nH]c(C(F)(F)F)cc2c1)c1cccs1. The minimum absolute atomic E-state index is 0.137. The van der Waals surface area contributed by atoms with Crippen molar-refractivity contribution in [3.8, 4) is 0 Å². The van der Waals surface area contributed by atoms with Crippen molar-refractivity contribution in [2.24, 2.45) is 0 Å².